The van der Waals surface area contributed by atoms with Crippen LogP contribution in [-0.2, 0) is 5.41 Å². The maximum Gasteiger partial charge on any atom is 0.0671 e. The first-order chi connectivity index (χ1) is 7.54. The zero-order valence-corrected chi connectivity index (χ0v) is 10.4. The van der Waals surface area contributed by atoms with Crippen LogP contribution in [-0.4, -0.2) is 5.71 Å². The van der Waals surface area contributed by atoms with E-state index in [1.807, 2.05) is 0 Å². The van der Waals surface area contributed by atoms with E-state index in [1.165, 1.54) is 36.2 Å². The van der Waals surface area contributed by atoms with E-state index in [1.54, 1.807) is 0 Å². The molecule has 1 aromatic rings. The van der Waals surface area contributed by atoms with Crippen molar-refractivity contribution in [3.63, 3.8) is 0 Å². The molecule has 0 radical (unpaired) electrons. The summed E-state index contributed by atoms with van der Waals surface area (Å²) in [5.41, 5.74) is 4.53. The molecule has 1 aromatic carbocycles. The largest absolute Gasteiger partial charge is 0.256 e. The SMILES string of the molecule is CC1(C)CCCC2(C)C1=Nc1ccccc12. The van der Waals surface area contributed by atoms with E-state index in [4.69, 9.17) is 4.99 Å². The first-order valence-corrected chi connectivity index (χ1v) is 6.23. The fourth-order valence-electron chi connectivity index (χ4n) is 3.56. The van der Waals surface area contributed by atoms with Gasteiger partial charge in [-0.25, -0.2) is 0 Å². The Kier molecular flexibility index (Phi) is 1.87. The number of aliphatic imine (C=N–C) groups is 1. The van der Waals surface area contributed by atoms with Crippen LogP contribution >= 0.6 is 0 Å². The van der Waals surface area contributed by atoms with Crippen molar-refractivity contribution in [1.29, 1.82) is 0 Å². The number of hydrogen-bond donors (Lipinski definition) is 0. The molecule has 0 N–H and O–H groups in total. The molecule has 1 fully saturated rings. The molecule has 1 heterocycles. The highest BCUT2D eigenvalue weighted by atomic mass is 14.9. The molecule has 1 unspecified atom stereocenters. The van der Waals surface area contributed by atoms with Gasteiger partial charge in [-0.15, -0.1) is 0 Å². The lowest BCUT2D eigenvalue weighted by Crippen LogP contribution is -2.43. The van der Waals surface area contributed by atoms with Gasteiger partial charge < -0.3 is 0 Å². The van der Waals surface area contributed by atoms with Crippen LogP contribution in [0.3, 0.4) is 0 Å². The quantitative estimate of drug-likeness (QED) is 0.611. The summed E-state index contributed by atoms with van der Waals surface area (Å²) in [5.74, 6) is 0. The maximum atomic E-state index is 4.91. The summed E-state index contributed by atoms with van der Waals surface area (Å²) >= 11 is 0. The molecule has 16 heavy (non-hydrogen) atoms. The molecule has 1 heteroatoms. The van der Waals surface area contributed by atoms with Crippen LogP contribution < -0.4 is 0 Å². The lowest BCUT2D eigenvalue weighted by Gasteiger charge is -2.41. The minimum absolute atomic E-state index is 0.207. The molecular formula is C15H19N. The van der Waals surface area contributed by atoms with Crippen molar-refractivity contribution in [3.05, 3.63) is 29.8 Å². The number of nitrogens with zero attached hydrogens (tertiary/aromatic N) is 1. The predicted octanol–water partition coefficient (Wildman–Crippen LogP) is 4.24. The van der Waals surface area contributed by atoms with Crippen LogP contribution in [0.2, 0.25) is 0 Å². The third kappa shape index (κ3) is 1.15. The zero-order chi connectivity index (χ0) is 11.4. The topological polar surface area (TPSA) is 12.4 Å². The molecular weight excluding hydrogens is 194 g/mol. The molecule has 1 aliphatic carbocycles. The van der Waals surface area contributed by atoms with Crippen LogP contribution in [0, 0.1) is 5.41 Å². The van der Waals surface area contributed by atoms with E-state index >= 15 is 0 Å². The van der Waals surface area contributed by atoms with Gasteiger partial charge in [0.15, 0.2) is 0 Å². The summed E-state index contributed by atoms with van der Waals surface area (Å²) in [7, 11) is 0. The molecule has 0 saturated heterocycles. The Labute approximate surface area is 97.6 Å². The van der Waals surface area contributed by atoms with Gasteiger partial charge in [-0.3, -0.25) is 4.99 Å². The maximum absolute atomic E-state index is 4.91. The monoisotopic (exact) mass is 213 g/mol. The Bertz CT molecular complexity index is 470. The average molecular weight is 213 g/mol. The average Bonchev–Trinajstić information content (AvgIpc) is 2.54. The van der Waals surface area contributed by atoms with Crippen LogP contribution in [0.15, 0.2) is 29.3 Å². The van der Waals surface area contributed by atoms with Gasteiger partial charge in [-0.05, 0) is 24.5 Å². The summed E-state index contributed by atoms with van der Waals surface area (Å²) in [6.45, 7) is 7.06. The number of rotatable bonds is 0. The van der Waals surface area contributed by atoms with Gasteiger partial charge in [-0.2, -0.15) is 0 Å². The summed E-state index contributed by atoms with van der Waals surface area (Å²) < 4.78 is 0. The van der Waals surface area contributed by atoms with Gasteiger partial charge in [0.25, 0.3) is 0 Å². The molecule has 1 saturated carbocycles. The van der Waals surface area contributed by atoms with Crippen molar-refractivity contribution >= 4 is 11.4 Å². The molecule has 0 aromatic heterocycles. The van der Waals surface area contributed by atoms with Crippen molar-refractivity contribution in [1.82, 2.24) is 0 Å². The van der Waals surface area contributed by atoms with Crippen LogP contribution in [0.1, 0.15) is 45.6 Å². The second-order valence-electron chi connectivity index (χ2n) is 6.05. The highest BCUT2D eigenvalue weighted by Crippen LogP contribution is 2.52. The molecule has 2 aliphatic rings. The van der Waals surface area contributed by atoms with E-state index in [-0.39, 0.29) is 10.8 Å². The molecule has 1 atom stereocenters. The third-order valence-corrected chi connectivity index (χ3v) is 4.37. The van der Waals surface area contributed by atoms with E-state index < -0.39 is 0 Å². The van der Waals surface area contributed by atoms with Crippen LogP contribution in [0.4, 0.5) is 5.69 Å². The Morgan fingerprint density at radius 1 is 1.06 bits per heavy atom. The lowest BCUT2D eigenvalue weighted by atomic mass is 9.61. The molecule has 3 rings (SSSR count). The Morgan fingerprint density at radius 2 is 1.81 bits per heavy atom. The smallest absolute Gasteiger partial charge is 0.0671 e. The van der Waals surface area contributed by atoms with Crippen molar-refractivity contribution in [2.45, 2.75) is 45.4 Å². The highest BCUT2D eigenvalue weighted by molar-refractivity contribution is 6.05. The van der Waals surface area contributed by atoms with Gasteiger partial charge in [0.2, 0.25) is 0 Å². The van der Waals surface area contributed by atoms with Crippen molar-refractivity contribution < 1.29 is 0 Å². The van der Waals surface area contributed by atoms with E-state index in [0.29, 0.717) is 0 Å². The Balaban J connectivity index is 2.21. The molecule has 1 nitrogen and oxygen atoms in total. The fourth-order valence-corrected chi connectivity index (χ4v) is 3.56. The van der Waals surface area contributed by atoms with E-state index in [9.17, 15) is 0 Å². The summed E-state index contributed by atoms with van der Waals surface area (Å²) in [6, 6.07) is 8.65. The minimum Gasteiger partial charge on any atom is -0.256 e. The van der Waals surface area contributed by atoms with Crippen molar-refractivity contribution in [3.8, 4) is 0 Å². The summed E-state index contributed by atoms with van der Waals surface area (Å²) in [5, 5.41) is 0. The van der Waals surface area contributed by atoms with Gasteiger partial charge in [0.05, 0.1) is 5.69 Å². The van der Waals surface area contributed by atoms with Crippen LogP contribution in [0.5, 0.6) is 0 Å². The fraction of sp³-hybridized carbons (Fsp3) is 0.533. The normalized spacial score (nSPS) is 30.6. The van der Waals surface area contributed by atoms with Gasteiger partial charge in [0, 0.05) is 16.5 Å². The van der Waals surface area contributed by atoms with Crippen molar-refractivity contribution in [2.24, 2.45) is 10.4 Å². The number of hydrogen-bond acceptors (Lipinski definition) is 1. The van der Waals surface area contributed by atoms with Gasteiger partial charge >= 0.3 is 0 Å². The Hall–Kier alpha value is -1.11. The lowest BCUT2D eigenvalue weighted by molar-refractivity contribution is 0.349. The molecule has 0 amide bonds. The van der Waals surface area contributed by atoms with E-state index in [2.05, 4.69) is 45.0 Å². The van der Waals surface area contributed by atoms with Crippen molar-refractivity contribution in [2.75, 3.05) is 0 Å². The van der Waals surface area contributed by atoms with Gasteiger partial charge in [-0.1, -0.05) is 45.4 Å². The second kappa shape index (κ2) is 2.97. The first kappa shape index (κ1) is 10.1. The molecule has 0 spiro atoms. The zero-order valence-electron chi connectivity index (χ0n) is 10.4. The number of benzene rings is 1. The number of fused-ring (bicyclic) bond motifs is 3. The second-order valence-corrected chi connectivity index (χ2v) is 6.05. The first-order valence-electron chi connectivity index (χ1n) is 6.23. The summed E-state index contributed by atoms with van der Waals surface area (Å²) in [4.78, 5) is 4.91. The molecule has 0 bridgehead atoms. The van der Waals surface area contributed by atoms with Gasteiger partial charge in [0.1, 0.15) is 0 Å². The third-order valence-electron chi connectivity index (χ3n) is 4.37. The minimum atomic E-state index is 0.207. The highest BCUT2D eigenvalue weighted by Gasteiger charge is 2.48. The van der Waals surface area contributed by atoms with Crippen LogP contribution in [0.25, 0.3) is 0 Å². The van der Waals surface area contributed by atoms with E-state index in [0.717, 1.165) is 0 Å². The standard InChI is InChI=1S/C15H19N/c1-14(2)9-6-10-15(3)11-7-4-5-8-12(11)16-13(14)15/h4-5,7-8H,6,9-10H2,1-3H3. The molecule has 1 aliphatic heterocycles. The summed E-state index contributed by atoms with van der Waals surface area (Å²) in [6.07, 6.45) is 3.85. The molecule has 84 valence electrons. The number of para-hydroxylation sites is 1. The predicted molar refractivity (Wildman–Crippen MR) is 68.5 cm³/mol. The Morgan fingerprint density at radius 3 is 2.62 bits per heavy atom.